The van der Waals surface area contributed by atoms with E-state index in [2.05, 4.69) is 19.2 Å². The number of aryl methyl sites for hydroxylation is 1. The van der Waals surface area contributed by atoms with Gasteiger partial charge in [0.15, 0.2) is 0 Å². The van der Waals surface area contributed by atoms with Gasteiger partial charge < -0.3 is 9.73 Å². The smallest absolute Gasteiger partial charge is 0.220 e. The molecule has 0 radical (unpaired) electrons. The Morgan fingerprint density at radius 2 is 2.22 bits per heavy atom. The zero-order chi connectivity index (χ0) is 13.2. The van der Waals surface area contributed by atoms with Crippen molar-refractivity contribution in [2.24, 2.45) is 0 Å². The highest BCUT2D eigenvalue weighted by Crippen LogP contribution is 2.06. The molecule has 0 saturated carbocycles. The molecule has 0 aliphatic rings. The van der Waals surface area contributed by atoms with Crippen LogP contribution in [-0.4, -0.2) is 11.9 Å². The minimum absolute atomic E-state index is 0.120. The normalized spacial score (nSPS) is 12.3. The second-order valence-corrected chi connectivity index (χ2v) is 4.90. The predicted octanol–water partition coefficient (Wildman–Crippen LogP) is 3.69. The summed E-state index contributed by atoms with van der Waals surface area (Å²) >= 11 is 0. The first-order chi connectivity index (χ1) is 8.72. The lowest BCUT2D eigenvalue weighted by Gasteiger charge is -2.13. The fraction of sp³-hybridized carbons (Fsp3) is 0.667. The summed E-state index contributed by atoms with van der Waals surface area (Å²) in [5, 5.41) is 3.04. The van der Waals surface area contributed by atoms with Gasteiger partial charge >= 0.3 is 0 Å². The number of unbranched alkanes of at least 4 members (excludes halogenated alkanes) is 3. The first kappa shape index (κ1) is 14.8. The van der Waals surface area contributed by atoms with E-state index in [1.54, 1.807) is 6.26 Å². The summed E-state index contributed by atoms with van der Waals surface area (Å²) in [6.45, 7) is 4.29. The molecule has 0 aliphatic heterocycles. The third-order valence-corrected chi connectivity index (χ3v) is 3.08. The Bertz CT molecular complexity index is 319. The Hall–Kier alpha value is -1.25. The fourth-order valence-electron chi connectivity index (χ4n) is 1.99. The molecule has 1 aromatic heterocycles. The number of carbonyl (C=O) groups excluding carboxylic acids is 1. The van der Waals surface area contributed by atoms with Crippen molar-refractivity contribution in [3.05, 3.63) is 24.2 Å². The molecular formula is C15H25NO2. The summed E-state index contributed by atoms with van der Waals surface area (Å²) in [7, 11) is 0. The molecular weight excluding hydrogens is 226 g/mol. The van der Waals surface area contributed by atoms with E-state index in [-0.39, 0.29) is 11.9 Å². The van der Waals surface area contributed by atoms with Crippen molar-refractivity contribution in [3.63, 3.8) is 0 Å². The standard InChI is InChI=1S/C15H25NO2/c1-3-4-5-6-8-13(2)16-15(17)11-10-14-9-7-12-18-14/h7,9,12-13H,3-6,8,10-11H2,1-2H3,(H,16,17). The summed E-state index contributed by atoms with van der Waals surface area (Å²) < 4.78 is 5.20. The maximum absolute atomic E-state index is 11.7. The highest BCUT2D eigenvalue weighted by Gasteiger charge is 2.08. The average Bonchev–Trinajstić information content (AvgIpc) is 2.85. The Balaban J connectivity index is 2.07. The summed E-state index contributed by atoms with van der Waals surface area (Å²) in [4.78, 5) is 11.7. The molecule has 3 heteroatoms. The average molecular weight is 251 g/mol. The summed E-state index contributed by atoms with van der Waals surface area (Å²) in [6.07, 6.45) is 8.92. The van der Waals surface area contributed by atoms with Gasteiger partial charge in [0.05, 0.1) is 6.26 Å². The van der Waals surface area contributed by atoms with Crippen LogP contribution in [0.2, 0.25) is 0 Å². The Morgan fingerprint density at radius 1 is 1.39 bits per heavy atom. The van der Waals surface area contributed by atoms with Crippen LogP contribution in [0.3, 0.4) is 0 Å². The van der Waals surface area contributed by atoms with Crippen LogP contribution in [0.4, 0.5) is 0 Å². The van der Waals surface area contributed by atoms with E-state index in [9.17, 15) is 4.79 Å². The minimum Gasteiger partial charge on any atom is -0.469 e. The molecule has 0 aliphatic carbocycles. The van der Waals surface area contributed by atoms with Crippen molar-refractivity contribution < 1.29 is 9.21 Å². The lowest BCUT2D eigenvalue weighted by molar-refractivity contribution is -0.121. The molecule has 0 spiro atoms. The zero-order valence-corrected chi connectivity index (χ0v) is 11.6. The van der Waals surface area contributed by atoms with Crippen LogP contribution in [0.5, 0.6) is 0 Å². The molecule has 3 nitrogen and oxygen atoms in total. The van der Waals surface area contributed by atoms with Gasteiger partial charge in [0, 0.05) is 18.9 Å². The van der Waals surface area contributed by atoms with E-state index in [0.717, 1.165) is 12.2 Å². The highest BCUT2D eigenvalue weighted by atomic mass is 16.3. The first-order valence-corrected chi connectivity index (χ1v) is 7.04. The molecule has 1 heterocycles. The lowest BCUT2D eigenvalue weighted by atomic mass is 10.1. The number of furan rings is 1. The Morgan fingerprint density at radius 3 is 2.89 bits per heavy atom. The van der Waals surface area contributed by atoms with E-state index in [4.69, 9.17) is 4.42 Å². The Kier molecular flexibility index (Phi) is 7.23. The number of carbonyl (C=O) groups is 1. The summed E-state index contributed by atoms with van der Waals surface area (Å²) in [5.74, 6) is 0.996. The number of nitrogens with one attached hydrogen (secondary N) is 1. The number of hydrogen-bond donors (Lipinski definition) is 1. The van der Waals surface area contributed by atoms with Crippen LogP contribution in [0.1, 0.15) is 58.1 Å². The van der Waals surface area contributed by atoms with Gasteiger partial charge in [-0.25, -0.2) is 0 Å². The van der Waals surface area contributed by atoms with Gasteiger partial charge in [-0.05, 0) is 25.5 Å². The monoisotopic (exact) mass is 251 g/mol. The molecule has 0 saturated heterocycles. The number of hydrogen-bond acceptors (Lipinski definition) is 2. The zero-order valence-electron chi connectivity index (χ0n) is 11.6. The van der Waals surface area contributed by atoms with Gasteiger partial charge in [-0.2, -0.15) is 0 Å². The molecule has 0 aromatic carbocycles. The van der Waals surface area contributed by atoms with Gasteiger partial charge in [-0.3, -0.25) is 4.79 Å². The van der Waals surface area contributed by atoms with Crippen molar-refractivity contribution in [3.8, 4) is 0 Å². The molecule has 1 N–H and O–H groups in total. The first-order valence-electron chi connectivity index (χ1n) is 7.04. The fourth-order valence-corrected chi connectivity index (χ4v) is 1.99. The van der Waals surface area contributed by atoms with Crippen LogP contribution in [0.15, 0.2) is 22.8 Å². The molecule has 1 amide bonds. The molecule has 1 unspecified atom stereocenters. The maximum Gasteiger partial charge on any atom is 0.220 e. The van der Waals surface area contributed by atoms with Crippen LogP contribution >= 0.6 is 0 Å². The molecule has 1 rings (SSSR count). The topological polar surface area (TPSA) is 42.2 Å². The van der Waals surface area contributed by atoms with E-state index in [1.165, 1.54) is 25.7 Å². The molecule has 0 bridgehead atoms. The second-order valence-electron chi connectivity index (χ2n) is 4.90. The molecule has 102 valence electrons. The van der Waals surface area contributed by atoms with Gasteiger partial charge in [0.2, 0.25) is 5.91 Å². The maximum atomic E-state index is 11.7. The van der Waals surface area contributed by atoms with Gasteiger partial charge in [0.25, 0.3) is 0 Å². The van der Waals surface area contributed by atoms with Crippen LogP contribution in [0, 0.1) is 0 Å². The van der Waals surface area contributed by atoms with Crippen molar-refractivity contribution >= 4 is 5.91 Å². The van der Waals surface area contributed by atoms with Crippen LogP contribution in [-0.2, 0) is 11.2 Å². The van der Waals surface area contributed by atoms with E-state index in [0.29, 0.717) is 12.8 Å². The largest absolute Gasteiger partial charge is 0.469 e. The second kappa shape index (κ2) is 8.78. The van der Waals surface area contributed by atoms with Crippen molar-refractivity contribution in [2.45, 2.75) is 64.8 Å². The number of amides is 1. The third-order valence-electron chi connectivity index (χ3n) is 3.08. The third kappa shape index (κ3) is 6.48. The van der Waals surface area contributed by atoms with Crippen molar-refractivity contribution in [1.82, 2.24) is 5.32 Å². The summed E-state index contributed by atoms with van der Waals surface area (Å²) in [5.41, 5.74) is 0. The van der Waals surface area contributed by atoms with Gasteiger partial charge in [-0.15, -0.1) is 0 Å². The quantitative estimate of drug-likeness (QED) is 0.680. The van der Waals surface area contributed by atoms with E-state index >= 15 is 0 Å². The van der Waals surface area contributed by atoms with Crippen LogP contribution < -0.4 is 5.32 Å². The molecule has 1 atom stereocenters. The highest BCUT2D eigenvalue weighted by molar-refractivity contribution is 5.76. The van der Waals surface area contributed by atoms with Crippen molar-refractivity contribution in [1.29, 1.82) is 0 Å². The predicted molar refractivity (Wildman–Crippen MR) is 73.4 cm³/mol. The van der Waals surface area contributed by atoms with Crippen molar-refractivity contribution in [2.75, 3.05) is 0 Å². The SMILES string of the molecule is CCCCCCC(C)NC(=O)CCc1ccco1. The lowest BCUT2D eigenvalue weighted by Crippen LogP contribution is -2.32. The molecule has 18 heavy (non-hydrogen) atoms. The van der Waals surface area contributed by atoms with Gasteiger partial charge in [-0.1, -0.05) is 32.6 Å². The van der Waals surface area contributed by atoms with E-state index in [1.807, 2.05) is 12.1 Å². The van der Waals surface area contributed by atoms with Crippen LogP contribution in [0.25, 0.3) is 0 Å². The van der Waals surface area contributed by atoms with E-state index < -0.39 is 0 Å². The Labute approximate surface area is 110 Å². The minimum atomic E-state index is 0.120. The summed E-state index contributed by atoms with van der Waals surface area (Å²) in [6, 6.07) is 4.04. The van der Waals surface area contributed by atoms with Gasteiger partial charge in [0.1, 0.15) is 5.76 Å². The number of rotatable bonds is 9. The molecule has 1 aromatic rings. The molecule has 0 fully saturated rings.